The molecule has 0 spiro atoms. The Morgan fingerprint density at radius 3 is 2.32 bits per heavy atom. The molecule has 0 aromatic carbocycles. The van der Waals surface area contributed by atoms with Crippen molar-refractivity contribution in [1.29, 1.82) is 0 Å². The van der Waals surface area contributed by atoms with E-state index < -0.39 is 35.2 Å². The molecule has 1 aliphatic heterocycles. The second-order valence-corrected chi connectivity index (χ2v) is 8.65. The van der Waals surface area contributed by atoms with Crippen molar-refractivity contribution in [3.05, 3.63) is 39.5 Å². The van der Waals surface area contributed by atoms with Crippen molar-refractivity contribution < 1.29 is 32.2 Å². The normalized spacial score (nSPS) is 14.3. The predicted octanol–water partition coefficient (Wildman–Crippen LogP) is 3.82. The van der Waals surface area contributed by atoms with Crippen LogP contribution in [0.2, 0.25) is 0 Å². The highest BCUT2D eigenvalue weighted by Crippen LogP contribution is 2.33. The Morgan fingerprint density at radius 1 is 1.06 bits per heavy atom. The van der Waals surface area contributed by atoms with Gasteiger partial charge in [-0.05, 0) is 48.8 Å². The maximum absolute atomic E-state index is 13.4. The number of hydrogen-bond donors (Lipinski definition) is 0. The third-order valence-corrected chi connectivity index (χ3v) is 5.03. The van der Waals surface area contributed by atoms with E-state index in [1.54, 1.807) is 37.8 Å². The molecule has 0 N–H and O–H groups in total. The van der Waals surface area contributed by atoms with E-state index in [1.807, 2.05) is 0 Å². The first kappa shape index (κ1) is 23.0. The minimum absolute atomic E-state index is 0.0377. The van der Waals surface area contributed by atoms with Crippen molar-refractivity contribution in [2.45, 2.75) is 45.6 Å². The molecule has 0 amide bonds. The smallest absolute Gasteiger partial charge is 0.449 e. The molecule has 0 saturated carbocycles. The molecule has 0 fully saturated rings. The number of carbonyl (C=O) groups excluding carboxylic acids is 2. The van der Waals surface area contributed by atoms with Gasteiger partial charge in [-0.2, -0.15) is 13.2 Å². The van der Waals surface area contributed by atoms with Gasteiger partial charge in [0.1, 0.15) is 11.4 Å². The van der Waals surface area contributed by atoms with E-state index in [2.05, 4.69) is 30.6 Å². The van der Waals surface area contributed by atoms with E-state index in [4.69, 9.17) is 4.74 Å². The summed E-state index contributed by atoms with van der Waals surface area (Å²) in [5.41, 5.74) is -1.02. The number of ether oxygens (including phenoxy) is 2. The van der Waals surface area contributed by atoms with E-state index in [9.17, 15) is 22.8 Å². The minimum atomic E-state index is -4.72. The molecule has 0 unspecified atom stereocenters. The molecule has 0 atom stereocenters. The molecule has 168 valence electrons. The van der Waals surface area contributed by atoms with Crippen molar-refractivity contribution in [3.63, 3.8) is 0 Å². The lowest BCUT2D eigenvalue weighted by Gasteiger charge is -2.30. The number of hydrogen-bond acceptors (Lipinski definition) is 7. The lowest BCUT2D eigenvalue weighted by molar-refractivity contribution is -0.147. The van der Waals surface area contributed by atoms with Crippen LogP contribution in [-0.4, -0.2) is 45.7 Å². The Bertz CT molecular complexity index is 1030. The van der Waals surface area contributed by atoms with Crippen molar-refractivity contribution >= 4 is 33.7 Å². The number of methoxy groups -OCH3 is 1. The number of carbonyl (C=O) groups is 2. The molecule has 3 rings (SSSR count). The van der Waals surface area contributed by atoms with Crippen molar-refractivity contribution in [3.8, 4) is 0 Å². The Labute approximate surface area is 184 Å². The zero-order chi connectivity index (χ0) is 23.1. The molecule has 2 aromatic rings. The van der Waals surface area contributed by atoms with Crippen LogP contribution in [0.5, 0.6) is 0 Å². The van der Waals surface area contributed by atoms with Crippen LogP contribution >= 0.6 is 15.9 Å². The highest BCUT2D eigenvalue weighted by molar-refractivity contribution is 9.10. The third kappa shape index (κ3) is 4.83. The fraction of sp³-hybridized carbons (Fsp3) is 0.474. The summed E-state index contributed by atoms with van der Waals surface area (Å²) in [4.78, 5) is 34.0. The number of anilines is 1. The first-order valence-corrected chi connectivity index (χ1v) is 10.0. The SMILES string of the molecule is COC(=O)c1nc(C(F)(F)F)n2c1CN(c1ccc(Br)c(C(=O)OC(C)(C)C)n1)CC2. The summed E-state index contributed by atoms with van der Waals surface area (Å²) in [6, 6.07) is 3.22. The summed E-state index contributed by atoms with van der Waals surface area (Å²) in [6.45, 7) is 5.18. The van der Waals surface area contributed by atoms with Gasteiger partial charge in [0.2, 0.25) is 5.82 Å². The van der Waals surface area contributed by atoms with Crippen LogP contribution in [0, 0.1) is 0 Å². The molecule has 2 aromatic heterocycles. The number of esters is 2. The number of imidazole rings is 1. The summed E-state index contributed by atoms with van der Waals surface area (Å²) in [7, 11) is 1.07. The molecule has 0 radical (unpaired) electrons. The maximum Gasteiger partial charge on any atom is 0.449 e. The van der Waals surface area contributed by atoms with E-state index in [1.165, 1.54) is 0 Å². The quantitative estimate of drug-likeness (QED) is 0.587. The Kier molecular flexibility index (Phi) is 6.05. The van der Waals surface area contributed by atoms with Gasteiger partial charge in [0.25, 0.3) is 0 Å². The average molecular weight is 505 g/mol. The number of halogens is 4. The average Bonchev–Trinajstić information content (AvgIpc) is 3.05. The molecule has 0 aliphatic carbocycles. The highest BCUT2D eigenvalue weighted by Gasteiger charge is 2.41. The van der Waals surface area contributed by atoms with Gasteiger partial charge in [0.15, 0.2) is 11.4 Å². The van der Waals surface area contributed by atoms with Gasteiger partial charge in [-0.1, -0.05) is 0 Å². The Hall–Kier alpha value is -2.63. The fourth-order valence-electron chi connectivity index (χ4n) is 3.12. The predicted molar refractivity (Wildman–Crippen MR) is 107 cm³/mol. The molecule has 12 heteroatoms. The summed E-state index contributed by atoms with van der Waals surface area (Å²) in [5, 5.41) is 0. The molecule has 31 heavy (non-hydrogen) atoms. The van der Waals surface area contributed by atoms with Gasteiger partial charge in [-0.15, -0.1) is 0 Å². The lowest BCUT2D eigenvalue weighted by Crippen LogP contribution is -2.36. The number of nitrogens with zero attached hydrogens (tertiary/aromatic N) is 4. The summed E-state index contributed by atoms with van der Waals surface area (Å²) < 4.78 is 51.5. The van der Waals surface area contributed by atoms with Crippen LogP contribution in [0.3, 0.4) is 0 Å². The van der Waals surface area contributed by atoms with Gasteiger partial charge in [0.05, 0.1) is 23.8 Å². The topological polar surface area (TPSA) is 86.6 Å². The number of fused-ring (bicyclic) bond motifs is 1. The van der Waals surface area contributed by atoms with Crippen LogP contribution in [0.1, 0.15) is 53.3 Å². The largest absolute Gasteiger partial charge is 0.464 e. The van der Waals surface area contributed by atoms with E-state index in [-0.39, 0.29) is 31.0 Å². The minimum Gasteiger partial charge on any atom is -0.464 e. The standard InChI is InChI=1S/C19H20BrF3N4O4/c1-18(2,3)31-16(29)13-10(20)5-6-12(24-13)26-7-8-27-11(9-26)14(15(28)30-4)25-17(27)19(21,22)23/h5-6H,7-9H2,1-4H3. The number of alkyl halides is 3. The number of pyridine rings is 1. The van der Waals surface area contributed by atoms with Crippen LogP contribution < -0.4 is 4.90 Å². The second kappa shape index (κ2) is 8.13. The molecular weight excluding hydrogens is 485 g/mol. The van der Waals surface area contributed by atoms with Crippen molar-refractivity contribution in [2.75, 3.05) is 18.6 Å². The molecular formula is C19H20BrF3N4O4. The first-order chi connectivity index (χ1) is 14.3. The van der Waals surface area contributed by atoms with Crippen molar-refractivity contribution in [2.24, 2.45) is 0 Å². The maximum atomic E-state index is 13.4. The van der Waals surface area contributed by atoms with E-state index >= 15 is 0 Å². The number of rotatable bonds is 3. The zero-order valence-electron chi connectivity index (χ0n) is 17.2. The summed E-state index contributed by atoms with van der Waals surface area (Å²) in [6.07, 6.45) is -4.72. The molecule has 8 nitrogen and oxygen atoms in total. The lowest BCUT2D eigenvalue weighted by atomic mass is 10.2. The molecule has 3 heterocycles. The van der Waals surface area contributed by atoms with Crippen LogP contribution in [0.4, 0.5) is 19.0 Å². The van der Waals surface area contributed by atoms with Crippen LogP contribution in [0.15, 0.2) is 16.6 Å². The molecule has 0 saturated heterocycles. The summed E-state index contributed by atoms with van der Waals surface area (Å²) in [5.74, 6) is -2.40. The van der Waals surface area contributed by atoms with Gasteiger partial charge < -0.3 is 18.9 Å². The second-order valence-electron chi connectivity index (χ2n) is 7.80. The van der Waals surface area contributed by atoms with Crippen molar-refractivity contribution in [1.82, 2.24) is 14.5 Å². The Balaban J connectivity index is 1.97. The number of aromatic nitrogens is 3. The highest BCUT2D eigenvalue weighted by atomic mass is 79.9. The van der Waals surface area contributed by atoms with Gasteiger partial charge in [0, 0.05) is 13.1 Å². The van der Waals surface area contributed by atoms with Gasteiger partial charge in [-0.25, -0.2) is 19.6 Å². The monoisotopic (exact) mass is 504 g/mol. The molecule has 0 bridgehead atoms. The van der Waals surface area contributed by atoms with Crippen LogP contribution in [0.25, 0.3) is 0 Å². The van der Waals surface area contributed by atoms with Gasteiger partial charge >= 0.3 is 18.1 Å². The summed E-state index contributed by atoms with van der Waals surface area (Å²) >= 11 is 3.27. The fourth-order valence-corrected chi connectivity index (χ4v) is 3.50. The third-order valence-electron chi connectivity index (χ3n) is 4.39. The van der Waals surface area contributed by atoms with Crippen LogP contribution in [-0.2, 0) is 28.7 Å². The van der Waals surface area contributed by atoms with E-state index in [0.717, 1.165) is 11.7 Å². The zero-order valence-corrected chi connectivity index (χ0v) is 18.8. The van der Waals surface area contributed by atoms with Gasteiger partial charge in [-0.3, -0.25) is 0 Å². The molecule has 1 aliphatic rings. The van der Waals surface area contributed by atoms with E-state index in [0.29, 0.717) is 10.3 Å². The first-order valence-electron chi connectivity index (χ1n) is 9.21. The Morgan fingerprint density at radius 2 is 1.74 bits per heavy atom.